The van der Waals surface area contributed by atoms with E-state index in [1.54, 1.807) is 0 Å². The maximum absolute atomic E-state index is 12.8. The maximum atomic E-state index is 12.8. The smallest absolute Gasteiger partial charge is 0.306 e. The highest BCUT2D eigenvalue weighted by Gasteiger charge is 2.19. The molecule has 0 amide bonds. The molecule has 0 aliphatic carbocycles. The van der Waals surface area contributed by atoms with Crippen LogP contribution >= 0.6 is 0 Å². The van der Waals surface area contributed by atoms with Gasteiger partial charge in [-0.3, -0.25) is 14.4 Å². The number of unbranched alkanes of at least 4 members (excludes halogenated alkanes) is 19. The molecule has 0 unspecified atom stereocenters. The summed E-state index contributed by atoms with van der Waals surface area (Å²) >= 11 is 0. The van der Waals surface area contributed by atoms with Crippen molar-refractivity contribution >= 4 is 17.9 Å². The standard InChI is InChI=1S/C58H96O6/c1-4-7-10-13-16-19-22-25-27-28-29-30-32-34-37-40-43-46-49-52-58(61)64-55(53-62-56(59)50-47-44-41-38-35-24-21-18-15-12-9-6-3)54-63-57(60)51-48-45-42-39-36-33-31-26-23-20-17-14-11-8-5-2/h8,11,16-17,19-20,25-27,29-31,34,37,43,46,55H,4-7,9-10,12-15,18,21-24,28,32-33,35-36,38-42,44-45,47-54H2,1-3H3/b11-8-,19-16-,20-17-,27-25-,30-29-,31-26-,37-34-,46-43-/t55-/m0/s1. The molecule has 0 bridgehead atoms. The molecule has 0 aromatic carbocycles. The lowest BCUT2D eigenvalue weighted by molar-refractivity contribution is -0.166. The largest absolute Gasteiger partial charge is 0.462 e. The van der Waals surface area contributed by atoms with Gasteiger partial charge < -0.3 is 14.2 Å². The topological polar surface area (TPSA) is 78.9 Å². The monoisotopic (exact) mass is 889 g/mol. The number of rotatable bonds is 46. The van der Waals surface area contributed by atoms with Crippen molar-refractivity contribution < 1.29 is 28.6 Å². The molecule has 0 N–H and O–H groups in total. The van der Waals surface area contributed by atoms with Crippen molar-refractivity contribution in [3.05, 3.63) is 97.2 Å². The molecule has 0 heterocycles. The number of hydrogen-bond acceptors (Lipinski definition) is 6. The molecular weight excluding hydrogens is 793 g/mol. The minimum absolute atomic E-state index is 0.112. The average molecular weight is 889 g/mol. The molecule has 364 valence electrons. The molecule has 6 heteroatoms. The molecule has 0 aromatic rings. The van der Waals surface area contributed by atoms with Gasteiger partial charge in [-0.2, -0.15) is 0 Å². The Bertz CT molecular complexity index is 1300. The second-order valence-electron chi connectivity index (χ2n) is 17.1. The summed E-state index contributed by atoms with van der Waals surface area (Å²) in [6, 6.07) is 0. The van der Waals surface area contributed by atoms with Crippen LogP contribution in [0.3, 0.4) is 0 Å². The highest BCUT2D eigenvalue weighted by Crippen LogP contribution is 2.14. The van der Waals surface area contributed by atoms with Crippen molar-refractivity contribution in [2.24, 2.45) is 0 Å². The molecule has 1 atom stereocenters. The lowest BCUT2D eigenvalue weighted by atomic mass is 10.0. The van der Waals surface area contributed by atoms with Gasteiger partial charge in [0.2, 0.25) is 0 Å². The molecular formula is C58H96O6. The molecule has 0 rings (SSSR count). The second-order valence-corrected chi connectivity index (χ2v) is 17.1. The van der Waals surface area contributed by atoms with E-state index < -0.39 is 12.1 Å². The molecule has 0 saturated carbocycles. The minimum Gasteiger partial charge on any atom is -0.462 e. The highest BCUT2D eigenvalue weighted by atomic mass is 16.6. The summed E-state index contributed by atoms with van der Waals surface area (Å²) in [7, 11) is 0. The van der Waals surface area contributed by atoms with Crippen molar-refractivity contribution in [2.75, 3.05) is 13.2 Å². The molecule has 6 nitrogen and oxygen atoms in total. The summed E-state index contributed by atoms with van der Waals surface area (Å²) in [6.45, 7) is 6.41. The van der Waals surface area contributed by atoms with Crippen LogP contribution < -0.4 is 0 Å². The number of ether oxygens (including phenoxy) is 3. The lowest BCUT2D eigenvalue weighted by Gasteiger charge is -2.18. The van der Waals surface area contributed by atoms with Crippen molar-refractivity contribution in [2.45, 2.75) is 239 Å². The van der Waals surface area contributed by atoms with Crippen LogP contribution in [0.4, 0.5) is 0 Å². The molecule has 0 aliphatic rings. The highest BCUT2D eigenvalue weighted by molar-refractivity contribution is 5.71. The van der Waals surface area contributed by atoms with E-state index in [9.17, 15) is 14.4 Å². The van der Waals surface area contributed by atoms with Gasteiger partial charge in [0.1, 0.15) is 13.2 Å². The van der Waals surface area contributed by atoms with E-state index in [1.165, 1.54) is 83.5 Å². The van der Waals surface area contributed by atoms with Crippen molar-refractivity contribution in [3.63, 3.8) is 0 Å². The van der Waals surface area contributed by atoms with Crippen molar-refractivity contribution in [1.82, 2.24) is 0 Å². The molecule has 0 radical (unpaired) electrons. The fourth-order valence-electron chi connectivity index (χ4n) is 6.91. The first kappa shape index (κ1) is 60.3. The molecule has 0 saturated heterocycles. The third-order valence-electron chi connectivity index (χ3n) is 10.8. The van der Waals surface area contributed by atoms with Gasteiger partial charge in [0.25, 0.3) is 0 Å². The quantitative estimate of drug-likeness (QED) is 0.0262. The molecule has 64 heavy (non-hydrogen) atoms. The van der Waals surface area contributed by atoms with Crippen LogP contribution in [-0.4, -0.2) is 37.2 Å². The molecule has 0 fully saturated rings. The van der Waals surface area contributed by atoms with Crippen LogP contribution in [-0.2, 0) is 28.6 Å². The Hall–Kier alpha value is -3.67. The van der Waals surface area contributed by atoms with Gasteiger partial charge in [-0.15, -0.1) is 0 Å². The first-order valence-corrected chi connectivity index (χ1v) is 26.2. The third-order valence-corrected chi connectivity index (χ3v) is 10.8. The fourth-order valence-corrected chi connectivity index (χ4v) is 6.91. The molecule has 0 aliphatic heterocycles. The van der Waals surface area contributed by atoms with Gasteiger partial charge in [-0.1, -0.05) is 221 Å². The van der Waals surface area contributed by atoms with E-state index in [0.717, 1.165) is 103 Å². The number of carbonyl (C=O) groups excluding carboxylic acids is 3. The zero-order valence-corrected chi connectivity index (χ0v) is 41.5. The van der Waals surface area contributed by atoms with Crippen LogP contribution in [0.2, 0.25) is 0 Å². The first-order valence-electron chi connectivity index (χ1n) is 26.2. The third kappa shape index (κ3) is 49.3. The second kappa shape index (κ2) is 52.0. The van der Waals surface area contributed by atoms with Crippen LogP contribution in [0.25, 0.3) is 0 Å². The Balaban J connectivity index is 4.53. The van der Waals surface area contributed by atoms with E-state index in [4.69, 9.17) is 14.2 Å². The van der Waals surface area contributed by atoms with Gasteiger partial charge in [0.15, 0.2) is 6.10 Å². The number of hydrogen-bond donors (Lipinski definition) is 0. The predicted octanol–water partition coefficient (Wildman–Crippen LogP) is 17.4. The van der Waals surface area contributed by atoms with Crippen LogP contribution in [0.1, 0.15) is 233 Å². The van der Waals surface area contributed by atoms with Gasteiger partial charge in [0.05, 0.1) is 0 Å². The van der Waals surface area contributed by atoms with Crippen LogP contribution in [0, 0.1) is 0 Å². The number of carbonyl (C=O) groups is 3. The Morgan fingerprint density at radius 3 is 1.05 bits per heavy atom. The Morgan fingerprint density at radius 2 is 0.641 bits per heavy atom. The summed E-state index contributed by atoms with van der Waals surface area (Å²) in [5.74, 6) is -1.02. The van der Waals surface area contributed by atoms with Crippen LogP contribution in [0.15, 0.2) is 97.2 Å². The fraction of sp³-hybridized carbons (Fsp3) is 0.672. The Kier molecular flexibility index (Phi) is 49.0. The van der Waals surface area contributed by atoms with E-state index in [-0.39, 0.29) is 31.6 Å². The van der Waals surface area contributed by atoms with Gasteiger partial charge in [0, 0.05) is 19.3 Å². The first-order chi connectivity index (χ1) is 31.5. The molecule has 0 aromatic heterocycles. The number of allylic oxidation sites excluding steroid dienone is 16. The zero-order chi connectivity index (χ0) is 46.5. The van der Waals surface area contributed by atoms with Gasteiger partial charge in [-0.25, -0.2) is 0 Å². The summed E-state index contributed by atoms with van der Waals surface area (Å²) in [4.78, 5) is 37.9. The normalized spacial score (nSPS) is 12.9. The van der Waals surface area contributed by atoms with Crippen LogP contribution in [0.5, 0.6) is 0 Å². The molecule has 0 spiro atoms. The van der Waals surface area contributed by atoms with E-state index in [1.807, 2.05) is 12.2 Å². The summed E-state index contributed by atoms with van der Waals surface area (Å²) in [5.41, 5.74) is 0. The zero-order valence-electron chi connectivity index (χ0n) is 41.5. The Labute approximate surface area is 394 Å². The maximum Gasteiger partial charge on any atom is 0.306 e. The Morgan fingerprint density at radius 1 is 0.328 bits per heavy atom. The summed E-state index contributed by atoms with van der Waals surface area (Å²) in [5, 5.41) is 0. The van der Waals surface area contributed by atoms with E-state index >= 15 is 0 Å². The van der Waals surface area contributed by atoms with Crippen molar-refractivity contribution in [1.29, 1.82) is 0 Å². The van der Waals surface area contributed by atoms with Crippen molar-refractivity contribution in [3.8, 4) is 0 Å². The predicted molar refractivity (Wildman–Crippen MR) is 274 cm³/mol. The average Bonchev–Trinajstić information content (AvgIpc) is 3.29. The SMILES string of the molecule is CC/C=C\C/C=C\C/C=C\CCCCCCCC(=O)OC[C@H](COC(=O)CCCCCCCCCCCCCC)OC(=O)CC/C=C\C/C=C\C/C=C\C/C=C\C/C=C\CCCCC. The van der Waals surface area contributed by atoms with Gasteiger partial charge >= 0.3 is 17.9 Å². The van der Waals surface area contributed by atoms with Gasteiger partial charge in [-0.05, 0) is 89.9 Å². The minimum atomic E-state index is -0.823. The van der Waals surface area contributed by atoms with E-state index in [2.05, 4.69) is 106 Å². The lowest BCUT2D eigenvalue weighted by Crippen LogP contribution is -2.30. The summed E-state index contributed by atoms with van der Waals surface area (Å²) in [6.07, 6.45) is 68.3. The number of esters is 3. The van der Waals surface area contributed by atoms with E-state index in [0.29, 0.717) is 19.3 Å². The summed E-state index contributed by atoms with van der Waals surface area (Å²) < 4.78 is 16.7.